The third-order valence-corrected chi connectivity index (χ3v) is 3.45. The molecule has 0 aromatic carbocycles. The fourth-order valence-corrected chi connectivity index (χ4v) is 2.37. The molecule has 1 aromatic rings. The van der Waals surface area contributed by atoms with Gasteiger partial charge in [-0.2, -0.15) is 5.26 Å². The minimum atomic E-state index is -0.843. The first kappa shape index (κ1) is 17.0. The Morgan fingerprint density at radius 3 is 2.71 bits per heavy atom. The van der Waals surface area contributed by atoms with Gasteiger partial charge < -0.3 is 19.9 Å². The van der Waals surface area contributed by atoms with Crippen LogP contribution in [0.3, 0.4) is 0 Å². The number of allylic oxidation sites excluding steroid dienone is 1. The van der Waals surface area contributed by atoms with Gasteiger partial charge in [0.2, 0.25) is 5.88 Å². The second kappa shape index (κ2) is 7.28. The molecule has 0 amide bonds. The molecule has 1 aliphatic rings. The smallest absolute Gasteiger partial charge is 0.338 e. The molecule has 1 atom stereocenters. The van der Waals surface area contributed by atoms with Gasteiger partial charge in [-0.25, -0.2) is 4.79 Å². The van der Waals surface area contributed by atoms with Crippen LogP contribution in [0, 0.1) is 11.3 Å². The average Bonchev–Trinajstić information content (AvgIpc) is 2.61. The fourth-order valence-electron chi connectivity index (χ4n) is 2.37. The van der Waals surface area contributed by atoms with Gasteiger partial charge >= 0.3 is 11.9 Å². The Morgan fingerprint density at radius 1 is 1.42 bits per heavy atom. The predicted molar refractivity (Wildman–Crippen MR) is 80.6 cm³/mol. The van der Waals surface area contributed by atoms with E-state index in [1.54, 1.807) is 18.3 Å². The minimum absolute atomic E-state index is 0.0148. The number of rotatable bonds is 4. The molecule has 0 spiro atoms. The van der Waals surface area contributed by atoms with Gasteiger partial charge in [0, 0.05) is 12.4 Å². The summed E-state index contributed by atoms with van der Waals surface area (Å²) in [7, 11) is 2.40. The van der Waals surface area contributed by atoms with E-state index in [2.05, 4.69) is 9.72 Å². The zero-order chi connectivity index (χ0) is 17.7. The van der Waals surface area contributed by atoms with Crippen molar-refractivity contribution in [2.45, 2.75) is 12.3 Å². The molecule has 0 fully saturated rings. The Kier molecular flexibility index (Phi) is 5.16. The molecule has 2 rings (SSSR count). The molecule has 8 nitrogen and oxygen atoms in total. The van der Waals surface area contributed by atoms with Crippen molar-refractivity contribution in [1.82, 2.24) is 4.98 Å². The van der Waals surface area contributed by atoms with Crippen LogP contribution in [0.15, 0.2) is 47.3 Å². The van der Waals surface area contributed by atoms with E-state index in [0.29, 0.717) is 5.56 Å². The van der Waals surface area contributed by atoms with Crippen LogP contribution < -0.4 is 5.73 Å². The van der Waals surface area contributed by atoms with Crippen molar-refractivity contribution in [3.8, 4) is 6.07 Å². The largest absolute Gasteiger partial charge is 0.469 e. The number of methoxy groups -OCH3 is 2. The maximum absolute atomic E-state index is 12.3. The zero-order valence-corrected chi connectivity index (χ0v) is 13.1. The summed E-state index contributed by atoms with van der Waals surface area (Å²) >= 11 is 0. The van der Waals surface area contributed by atoms with Crippen molar-refractivity contribution in [2.75, 3.05) is 14.2 Å². The number of carbonyl (C=O) groups excluding carboxylic acids is 2. The first-order chi connectivity index (χ1) is 11.5. The van der Waals surface area contributed by atoms with Gasteiger partial charge in [0.25, 0.3) is 0 Å². The van der Waals surface area contributed by atoms with E-state index in [1.807, 2.05) is 6.07 Å². The lowest BCUT2D eigenvalue weighted by molar-refractivity contribution is -0.140. The monoisotopic (exact) mass is 329 g/mol. The Morgan fingerprint density at radius 2 is 2.17 bits per heavy atom. The third kappa shape index (κ3) is 3.20. The van der Waals surface area contributed by atoms with Crippen LogP contribution in [0.4, 0.5) is 0 Å². The van der Waals surface area contributed by atoms with E-state index in [0.717, 1.165) is 0 Å². The Hall–Kier alpha value is -3.34. The maximum Gasteiger partial charge on any atom is 0.338 e. The fraction of sp³-hybridized carbons (Fsp3) is 0.250. The van der Waals surface area contributed by atoms with Gasteiger partial charge in [-0.3, -0.25) is 9.78 Å². The highest BCUT2D eigenvalue weighted by molar-refractivity contribution is 5.93. The second-order valence-electron chi connectivity index (χ2n) is 4.79. The summed E-state index contributed by atoms with van der Waals surface area (Å²) < 4.78 is 14.7. The number of carbonyl (C=O) groups is 2. The zero-order valence-electron chi connectivity index (χ0n) is 13.1. The number of aromatic nitrogens is 1. The second-order valence-corrected chi connectivity index (χ2v) is 4.79. The van der Waals surface area contributed by atoms with Crippen molar-refractivity contribution < 1.29 is 23.8 Å². The molecular formula is C16H15N3O5. The molecule has 2 heterocycles. The molecule has 24 heavy (non-hydrogen) atoms. The van der Waals surface area contributed by atoms with Crippen LogP contribution in [0.2, 0.25) is 0 Å². The number of ether oxygens (including phenoxy) is 3. The number of hydrogen-bond donors (Lipinski definition) is 1. The lowest BCUT2D eigenvalue weighted by Crippen LogP contribution is -2.27. The van der Waals surface area contributed by atoms with Gasteiger partial charge in [-0.1, -0.05) is 6.07 Å². The summed E-state index contributed by atoms with van der Waals surface area (Å²) in [5, 5.41) is 9.43. The standard InChI is InChI=1S/C16H15N3O5/c1-22-12(20)6-11-14(16(21)23-2)13(9-4-3-5-19-8-9)10(7-17)15(18)24-11/h3-5,8,13H,6,18H2,1-2H3/t13-/m1/s1. The topological polar surface area (TPSA) is 125 Å². The van der Waals surface area contributed by atoms with Gasteiger partial charge in [0.05, 0.1) is 25.7 Å². The van der Waals surface area contributed by atoms with Gasteiger partial charge in [-0.05, 0) is 11.6 Å². The summed E-state index contributed by atoms with van der Waals surface area (Å²) in [6, 6.07) is 5.29. The lowest BCUT2D eigenvalue weighted by atomic mass is 9.83. The Bertz CT molecular complexity index is 762. The number of pyridine rings is 1. The molecule has 124 valence electrons. The molecule has 0 saturated heterocycles. The highest BCUT2D eigenvalue weighted by Crippen LogP contribution is 2.40. The molecule has 0 bridgehead atoms. The summed E-state index contributed by atoms with van der Waals surface area (Å²) in [5.74, 6) is -2.39. The molecule has 8 heteroatoms. The van der Waals surface area contributed by atoms with Crippen molar-refractivity contribution in [2.24, 2.45) is 5.73 Å². The van der Waals surface area contributed by atoms with Crippen molar-refractivity contribution in [1.29, 1.82) is 5.26 Å². The normalized spacial score (nSPS) is 17.0. The minimum Gasteiger partial charge on any atom is -0.469 e. The molecule has 0 saturated carbocycles. The average molecular weight is 329 g/mol. The Labute approximate surface area is 138 Å². The summed E-state index contributed by atoms with van der Waals surface area (Å²) in [6.45, 7) is 0. The van der Waals surface area contributed by atoms with E-state index >= 15 is 0 Å². The van der Waals surface area contributed by atoms with Crippen LogP contribution in [-0.4, -0.2) is 31.1 Å². The number of hydrogen-bond acceptors (Lipinski definition) is 8. The van der Waals surface area contributed by atoms with Crippen LogP contribution in [0.25, 0.3) is 0 Å². The van der Waals surface area contributed by atoms with E-state index in [1.165, 1.54) is 20.4 Å². The first-order valence-electron chi connectivity index (χ1n) is 6.89. The van der Waals surface area contributed by atoms with E-state index < -0.39 is 17.9 Å². The molecule has 0 aliphatic carbocycles. The highest BCUT2D eigenvalue weighted by atomic mass is 16.5. The van der Waals surface area contributed by atoms with E-state index in [9.17, 15) is 14.9 Å². The highest BCUT2D eigenvalue weighted by Gasteiger charge is 2.38. The summed E-state index contributed by atoms with van der Waals surface area (Å²) in [5.41, 5.74) is 6.40. The van der Waals surface area contributed by atoms with Crippen LogP contribution >= 0.6 is 0 Å². The van der Waals surface area contributed by atoms with Gasteiger partial charge in [-0.15, -0.1) is 0 Å². The van der Waals surface area contributed by atoms with Crippen LogP contribution in [0.1, 0.15) is 17.9 Å². The van der Waals surface area contributed by atoms with Crippen LogP contribution in [-0.2, 0) is 23.8 Å². The van der Waals surface area contributed by atoms with Crippen molar-refractivity contribution in [3.63, 3.8) is 0 Å². The SMILES string of the molecule is COC(=O)CC1=C(C(=O)OC)[C@H](c2cccnc2)C(C#N)=C(N)O1. The first-order valence-corrected chi connectivity index (χ1v) is 6.89. The molecular weight excluding hydrogens is 314 g/mol. The predicted octanol–water partition coefficient (Wildman–Crippen LogP) is 0.879. The third-order valence-electron chi connectivity index (χ3n) is 3.45. The number of nitrogens with zero attached hydrogens (tertiary/aromatic N) is 2. The summed E-state index contributed by atoms with van der Waals surface area (Å²) in [6.07, 6.45) is 2.73. The van der Waals surface area contributed by atoms with Crippen LogP contribution in [0.5, 0.6) is 0 Å². The molecule has 0 radical (unpaired) electrons. The van der Waals surface area contributed by atoms with E-state index in [-0.39, 0.29) is 29.2 Å². The molecule has 1 aliphatic heterocycles. The number of nitrogens with two attached hydrogens (primary N) is 1. The van der Waals surface area contributed by atoms with Crippen molar-refractivity contribution in [3.05, 3.63) is 52.9 Å². The van der Waals surface area contributed by atoms with Gasteiger partial charge in [0.1, 0.15) is 23.8 Å². The lowest BCUT2D eigenvalue weighted by Gasteiger charge is -2.27. The maximum atomic E-state index is 12.3. The van der Waals surface area contributed by atoms with E-state index in [4.69, 9.17) is 15.2 Å². The molecule has 2 N–H and O–H groups in total. The quantitative estimate of drug-likeness (QED) is 0.807. The molecule has 0 unspecified atom stereocenters. The number of esters is 2. The number of nitriles is 1. The molecule has 1 aromatic heterocycles. The van der Waals surface area contributed by atoms with Crippen molar-refractivity contribution >= 4 is 11.9 Å². The van der Waals surface area contributed by atoms with Gasteiger partial charge in [0.15, 0.2) is 0 Å². The Balaban J connectivity index is 2.65. The summed E-state index contributed by atoms with van der Waals surface area (Å²) in [4.78, 5) is 27.9.